The van der Waals surface area contributed by atoms with E-state index in [4.69, 9.17) is 10.2 Å². The third-order valence-electron chi connectivity index (χ3n) is 5.38. The number of ether oxygens (including phenoxy) is 2. The van der Waals surface area contributed by atoms with Crippen molar-refractivity contribution >= 4 is 79.4 Å². The summed E-state index contributed by atoms with van der Waals surface area (Å²) in [6.45, 7) is 1.83. The first-order chi connectivity index (χ1) is 15.1. The molecule has 202 valence electrons. The van der Waals surface area contributed by atoms with Gasteiger partial charge in [-0.25, -0.2) is 4.79 Å². The van der Waals surface area contributed by atoms with E-state index in [9.17, 15) is 24.0 Å². The zero-order valence-electron chi connectivity index (χ0n) is 18.5. The summed E-state index contributed by atoms with van der Waals surface area (Å²) >= 11 is 5.30. The molecule has 2 fully saturated rings. The van der Waals surface area contributed by atoms with Crippen LogP contribution < -0.4 is 13.3 Å². The van der Waals surface area contributed by atoms with Crippen molar-refractivity contribution in [2.75, 3.05) is 20.8 Å². The van der Waals surface area contributed by atoms with Gasteiger partial charge in [-0.1, -0.05) is 20.3 Å². The van der Waals surface area contributed by atoms with Gasteiger partial charge in [-0.2, -0.15) is 0 Å². The maximum absolute atomic E-state index is 11.7. The smallest absolute Gasteiger partial charge is 0.307 e. The van der Waals surface area contributed by atoms with E-state index in [1.807, 2.05) is 0 Å². The van der Waals surface area contributed by atoms with E-state index in [0.717, 1.165) is 12.8 Å². The van der Waals surface area contributed by atoms with Gasteiger partial charge in [0.05, 0.1) is 32.0 Å². The number of piperidine rings is 1. The van der Waals surface area contributed by atoms with E-state index in [-0.39, 0.29) is 25.7 Å². The van der Waals surface area contributed by atoms with Crippen molar-refractivity contribution in [3.63, 3.8) is 0 Å². The number of carbonyl (C=O) groups excluding carboxylic acids is 3. The van der Waals surface area contributed by atoms with Crippen LogP contribution in [0.5, 0.6) is 0 Å². The first-order valence-electron chi connectivity index (χ1n) is 9.82. The van der Waals surface area contributed by atoms with Gasteiger partial charge in [0.15, 0.2) is 0 Å². The Morgan fingerprint density at radius 3 is 1.53 bits per heavy atom. The third-order valence-corrected chi connectivity index (χ3v) is 5.38. The molecule has 0 radical (unpaired) electrons. The summed E-state index contributed by atoms with van der Waals surface area (Å²) in [5, 5.41) is 17.4. The summed E-state index contributed by atoms with van der Waals surface area (Å²) in [7, 11) is 2.51. The fourth-order valence-corrected chi connectivity index (χ4v) is 3.88. The van der Waals surface area contributed by atoms with Gasteiger partial charge in [-0.3, -0.25) is 19.2 Å². The normalized spacial score (nSPS) is 23.1. The number of esters is 2. The zero-order chi connectivity index (χ0) is 24.8. The van der Waals surface area contributed by atoms with Crippen LogP contribution in [0.15, 0.2) is 0 Å². The van der Waals surface area contributed by atoms with Crippen LogP contribution >= 0.6 is 49.6 Å². The standard InChI is InChI=1S/C11H17NO5.C8H12O4.CH4.ClH.I3/c1-7(13)12-6-4-5-8(10(14)16-2)9(12)11(15)17-3;9-7(10)5-3-1-2-4-6(5)8(11)12;;;1-3-2/h8-9H,4-6H2,1-3H3;5-6H,1-4H2,(H,9,10)(H,11,12);1H4;1H;/q;;;;-1/t8-,9+;5-,6+;;;/m1..../s1. The Balaban J connectivity index is -0.000000499. The molecular formula is C20H34ClI3NO9-. The van der Waals surface area contributed by atoms with Crippen molar-refractivity contribution in [1.29, 1.82) is 0 Å². The van der Waals surface area contributed by atoms with Crippen LogP contribution in [-0.4, -0.2) is 71.7 Å². The molecule has 1 amide bonds. The van der Waals surface area contributed by atoms with E-state index < -0.39 is 47.7 Å². The topological polar surface area (TPSA) is 148 Å². The van der Waals surface area contributed by atoms with Crippen LogP contribution in [0.3, 0.4) is 0 Å². The predicted octanol–water partition coefficient (Wildman–Crippen LogP) is 0.755. The first kappa shape index (κ1) is 38.4. The molecule has 0 aromatic rings. The molecule has 0 aromatic carbocycles. The maximum Gasteiger partial charge on any atom is 0.307 e. The van der Waals surface area contributed by atoms with E-state index in [0.29, 0.717) is 45.5 Å². The van der Waals surface area contributed by atoms with Crippen LogP contribution in [-0.2, 0) is 33.4 Å². The minimum absolute atomic E-state index is 0. The first-order valence-corrected chi connectivity index (χ1v) is 22.4. The summed E-state index contributed by atoms with van der Waals surface area (Å²) in [6, 6.07) is -0.862. The Morgan fingerprint density at radius 1 is 0.824 bits per heavy atom. The molecule has 2 aliphatic rings. The largest absolute Gasteiger partial charge is 0.481 e. The molecule has 10 nitrogen and oxygen atoms in total. The SMILES string of the molecule is C.COC(=O)[C@@H]1[C@H](C(=O)OC)CCCN1C(C)=O.Cl.I[I-]I.O=C(O)[C@H]1CCCC[C@H]1C(=O)O. The summed E-state index contributed by atoms with van der Waals surface area (Å²) in [5.41, 5.74) is 0. The number of aliphatic carboxylic acids is 2. The second-order valence-corrected chi connectivity index (χ2v) is 23.4. The number of halogens is 4. The average Bonchev–Trinajstić information content (AvgIpc) is 2.78. The molecule has 34 heavy (non-hydrogen) atoms. The second-order valence-electron chi connectivity index (χ2n) is 7.18. The number of hydrogen-bond acceptors (Lipinski definition) is 7. The molecular weight excluding hydrogens is 814 g/mol. The van der Waals surface area contributed by atoms with Crippen molar-refractivity contribution in [2.45, 2.75) is 58.9 Å². The molecule has 0 bridgehead atoms. The number of carboxylic acid groups (broad SMARTS) is 2. The Kier molecular flexibility index (Phi) is 23.7. The number of carboxylic acids is 2. The summed E-state index contributed by atoms with van der Waals surface area (Å²) < 4.78 is 9.31. The molecule has 1 saturated carbocycles. The summed E-state index contributed by atoms with van der Waals surface area (Å²) in [4.78, 5) is 57.3. The second kappa shape index (κ2) is 21.0. The van der Waals surface area contributed by atoms with Gasteiger partial charge in [-0.15, -0.1) is 12.4 Å². The number of rotatable bonds is 4. The Bertz CT molecular complexity index is 647. The minimum Gasteiger partial charge on any atom is -0.481 e. The summed E-state index contributed by atoms with van der Waals surface area (Å²) in [6.07, 6.45) is 3.88. The number of hydrogen-bond donors (Lipinski definition) is 2. The minimum atomic E-state index is -0.970. The molecule has 4 atom stereocenters. The number of likely N-dealkylation sites (tertiary alicyclic amines) is 1. The average molecular weight is 849 g/mol. The maximum atomic E-state index is 11.7. The van der Waals surface area contributed by atoms with Gasteiger partial charge in [0.25, 0.3) is 0 Å². The molecule has 2 N–H and O–H groups in total. The number of amides is 1. The molecule has 1 saturated heterocycles. The zero-order valence-corrected chi connectivity index (χ0v) is 25.8. The molecule has 1 aliphatic heterocycles. The Hall–Kier alpha value is -0.170. The van der Waals surface area contributed by atoms with Crippen molar-refractivity contribution in [3.8, 4) is 0 Å². The third kappa shape index (κ3) is 12.7. The van der Waals surface area contributed by atoms with Crippen molar-refractivity contribution in [3.05, 3.63) is 0 Å². The van der Waals surface area contributed by atoms with Gasteiger partial charge in [0, 0.05) is 13.5 Å². The summed E-state index contributed by atoms with van der Waals surface area (Å²) in [5.74, 6) is -5.21. The van der Waals surface area contributed by atoms with E-state index in [1.165, 1.54) is 26.0 Å². The van der Waals surface area contributed by atoms with Gasteiger partial charge in [0.1, 0.15) is 6.04 Å². The van der Waals surface area contributed by atoms with Crippen LogP contribution in [0.2, 0.25) is 0 Å². The van der Waals surface area contributed by atoms with Crippen LogP contribution in [0.1, 0.15) is 52.9 Å². The van der Waals surface area contributed by atoms with Crippen LogP contribution in [0.25, 0.3) is 0 Å². The molecule has 1 heterocycles. The van der Waals surface area contributed by atoms with Gasteiger partial charge in [0.2, 0.25) is 5.91 Å². The van der Waals surface area contributed by atoms with E-state index >= 15 is 0 Å². The molecule has 0 unspecified atom stereocenters. The Labute approximate surface area is 236 Å². The molecule has 0 aromatic heterocycles. The van der Waals surface area contributed by atoms with Gasteiger partial charge < -0.3 is 24.6 Å². The fraction of sp³-hybridized carbons (Fsp3) is 0.750. The number of methoxy groups -OCH3 is 2. The van der Waals surface area contributed by atoms with Gasteiger partial charge >= 0.3 is 74.4 Å². The Morgan fingerprint density at radius 2 is 1.21 bits per heavy atom. The van der Waals surface area contributed by atoms with Crippen molar-refractivity contribution < 1.29 is 56.9 Å². The predicted molar refractivity (Wildman–Crippen MR) is 141 cm³/mol. The van der Waals surface area contributed by atoms with E-state index in [1.54, 1.807) is 0 Å². The van der Waals surface area contributed by atoms with Crippen LogP contribution in [0.4, 0.5) is 0 Å². The monoisotopic (exact) mass is 848 g/mol. The molecule has 14 heteroatoms. The van der Waals surface area contributed by atoms with E-state index in [2.05, 4.69) is 46.7 Å². The number of nitrogens with zero attached hydrogens (tertiary/aromatic N) is 1. The van der Waals surface area contributed by atoms with Gasteiger partial charge in [-0.05, 0) is 25.7 Å². The fourth-order valence-electron chi connectivity index (χ4n) is 3.88. The van der Waals surface area contributed by atoms with Crippen LogP contribution in [0, 0.1) is 17.8 Å². The molecule has 0 spiro atoms. The van der Waals surface area contributed by atoms with Crippen molar-refractivity contribution in [2.24, 2.45) is 17.8 Å². The quantitative estimate of drug-likeness (QED) is 0.310. The molecule has 1 aliphatic carbocycles. The molecule has 2 rings (SSSR count). The van der Waals surface area contributed by atoms with Crippen molar-refractivity contribution in [1.82, 2.24) is 4.90 Å². The number of carbonyl (C=O) groups is 5.